The van der Waals surface area contributed by atoms with Crippen molar-refractivity contribution < 1.29 is 17.9 Å². The third-order valence-electron chi connectivity index (χ3n) is 4.55. The molecule has 0 radical (unpaired) electrons. The van der Waals surface area contributed by atoms with Crippen LogP contribution in [0.5, 0.6) is 5.88 Å². The molecule has 0 aliphatic rings. The molecule has 156 valence electrons. The van der Waals surface area contributed by atoms with Crippen LogP contribution >= 0.6 is 0 Å². The van der Waals surface area contributed by atoms with E-state index in [4.69, 9.17) is 4.74 Å². The average Bonchev–Trinajstić information content (AvgIpc) is 2.75. The Morgan fingerprint density at radius 1 is 1.10 bits per heavy atom. The highest BCUT2D eigenvalue weighted by Crippen LogP contribution is 2.26. The summed E-state index contributed by atoms with van der Waals surface area (Å²) in [6.45, 7) is 3.74. The summed E-state index contributed by atoms with van der Waals surface area (Å²) in [7, 11) is -2.34. The number of para-hydroxylation sites is 1. The summed E-state index contributed by atoms with van der Waals surface area (Å²) >= 11 is 0. The zero-order valence-electron chi connectivity index (χ0n) is 17.0. The van der Waals surface area contributed by atoms with E-state index >= 15 is 0 Å². The van der Waals surface area contributed by atoms with Crippen LogP contribution in [0, 0.1) is 6.92 Å². The van der Waals surface area contributed by atoms with Crippen molar-refractivity contribution in [2.45, 2.75) is 18.7 Å². The van der Waals surface area contributed by atoms with E-state index in [-0.39, 0.29) is 17.0 Å². The lowest BCUT2D eigenvalue weighted by atomic mass is 10.1. The minimum Gasteiger partial charge on any atom is -0.481 e. The number of hydrogen-bond donors (Lipinski definition) is 1. The van der Waals surface area contributed by atoms with E-state index in [0.29, 0.717) is 22.8 Å². The van der Waals surface area contributed by atoms with Gasteiger partial charge < -0.3 is 10.1 Å². The van der Waals surface area contributed by atoms with Crippen LogP contribution in [0.3, 0.4) is 0 Å². The van der Waals surface area contributed by atoms with Crippen molar-refractivity contribution >= 4 is 27.3 Å². The lowest BCUT2D eigenvalue weighted by molar-refractivity contribution is 0.102. The summed E-state index contributed by atoms with van der Waals surface area (Å²) in [5.41, 5.74) is 1.84. The number of pyridine rings is 1. The van der Waals surface area contributed by atoms with Crippen molar-refractivity contribution in [1.29, 1.82) is 0 Å². The van der Waals surface area contributed by atoms with Crippen LogP contribution in [0.4, 0.5) is 11.4 Å². The number of sulfonamides is 1. The van der Waals surface area contributed by atoms with Gasteiger partial charge in [0, 0.05) is 18.2 Å². The molecule has 30 heavy (non-hydrogen) atoms. The molecule has 2 aromatic carbocycles. The van der Waals surface area contributed by atoms with Crippen molar-refractivity contribution in [3.63, 3.8) is 0 Å². The number of carbonyl (C=O) groups excluding carboxylic acids is 1. The highest BCUT2D eigenvalue weighted by Gasteiger charge is 2.26. The van der Waals surface area contributed by atoms with Crippen molar-refractivity contribution in [1.82, 2.24) is 4.98 Å². The van der Waals surface area contributed by atoms with Crippen LogP contribution in [0.2, 0.25) is 0 Å². The number of aryl methyl sites for hydroxylation is 1. The van der Waals surface area contributed by atoms with Gasteiger partial charge in [-0.3, -0.25) is 9.10 Å². The number of hydrogen-bond acceptors (Lipinski definition) is 5. The van der Waals surface area contributed by atoms with Crippen molar-refractivity contribution in [2.75, 3.05) is 23.3 Å². The molecule has 0 saturated heterocycles. The molecule has 7 nitrogen and oxygen atoms in total. The second-order valence-electron chi connectivity index (χ2n) is 6.53. The SMILES string of the molecule is CCN(c1ccccc1)S(=O)(=O)c1cc(C(=O)Nc2ccc(OC)nc2)ccc1C. The molecule has 1 amide bonds. The van der Waals surface area contributed by atoms with Gasteiger partial charge in [0.2, 0.25) is 5.88 Å². The third kappa shape index (κ3) is 4.44. The van der Waals surface area contributed by atoms with Crippen molar-refractivity contribution in [3.8, 4) is 5.88 Å². The van der Waals surface area contributed by atoms with Crippen molar-refractivity contribution in [2.24, 2.45) is 0 Å². The van der Waals surface area contributed by atoms with Crippen LogP contribution in [0.25, 0.3) is 0 Å². The Bertz CT molecular complexity index is 1130. The Balaban J connectivity index is 1.92. The number of anilines is 2. The van der Waals surface area contributed by atoms with Gasteiger partial charge in [-0.2, -0.15) is 0 Å². The van der Waals surface area contributed by atoms with Gasteiger partial charge in [0.05, 0.1) is 29.6 Å². The number of benzene rings is 2. The maximum atomic E-state index is 13.4. The summed E-state index contributed by atoms with van der Waals surface area (Å²) in [5, 5.41) is 2.72. The van der Waals surface area contributed by atoms with Crippen LogP contribution in [0.15, 0.2) is 71.8 Å². The number of rotatable bonds is 7. The molecule has 8 heteroatoms. The Morgan fingerprint density at radius 3 is 2.43 bits per heavy atom. The van der Waals surface area contributed by atoms with Gasteiger partial charge >= 0.3 is 0 Å². The third-order valence-corrected chi connectivity index (χ3v) is 6.60. The van der Waals surface area contributed by atoms with E-state index in [9.17, 15) is 13.2 Å². The topological polar surface area (TPSA) is 88.6 Å². The number of carbonyl (C=O) groups is 1. The largest absolute Gasteiger partial charge is 0.481 e. The number of aromatic nitrogens is 1. The Morgan fingerprint density at radius 2 is 1.83 bits per heavy atom. The molecular weight excluding hydrogens is 402 g/mol. The summed E-state index contributed by atoms with van der Waals surface area (Å²) in [5.74, 6) is -0.00143. The first-order valence-electron chi connectivity index (χ1n) is 9.36. The van der Waals surface area contributed by atoms with Gasteiger partial charge in [0.1, 0.15) is 0 Å². The first kappa shape index (κ1) is 21.3. The quantitative estimate of drug-likeness (QED) is 0.621. The zero-order chi connectivity index (χ0) is 21.7. The van der Waals surface area contributed by atoms with Crippen molar-refractivity contribution in [3.05, 3.63) is 78.0 Å². The van der Waals surface area contributed by atoms with E-state index in [2.05, 4.69) is 10.3 Å². The first-order chi connectivity index (χ1) is 14.4. The smallest absolute Gasteiger partial charge is 0.264 e. The summed E-state index contributed by atoms with van der Waals surface area (Å²) in [6, 6.07) is 16.8. The standard InChI is InChI=1S/C22H23N3O4S/c1-4-25(19-8-6-5-7-9-19)30(27,28)20-14-17(11-10-16(20)2)22(26)24-18-12-13-21(29-3)23-15-18/h5-15H,4H2,1-3H3,(H,24,26). The Hall–Kier alpha value is -3.39. The second-order valence-corrected chi connectivity index (χ2v) is 8.36. The Labute approximate surface area is 176 Å². The molecule has 0 unspecified atom stereocenters. The maximum absolute atomic E-state index is 13.4. The molecule has 1 N–H and O–H groups in total. The molecule has 3 rings (SSSR count). The number of nitrogens with one attached hydrogen (secondary N) is 1. The van der Waals surface area contributed by atoms with Crippen LogP contribution in [-0.4, -0.2) is 33.0 Å². The molecule has 1 heterocycles. The average molecular weight is 426 g/mol. The number of nitrogens with zero attached hydrogens (tertiary/aromatic N) is 2. The molecule has 0 atom stereocenters. The van der Waals surface area contributed by atoms with Gasteiger partial charge in [-0.25, -0.2) is 13.4 Å². The minimum absolute atomic E-state index is 0.0914. The first-order valence-corrected chi connectivity index (χ1v) is 10.8. The molecule has 0 saturated carbocycles. The molecule has 0 aliphatic carbocycles. The van der Waals surface area contributed by atoms with E-state index in [1.54, 1.807) is 62.4 Å². The van der Waals surface area contributed by atoms with E-state index in [1.165, 1.54) is 23.7 Å². The normalized spacial score (nSPS) is 11.0. The van der Waals surface area contributed by atoms with Gasteiger partial charge in [-0.15, -0.1) is 0 Å². The maximum Gasteiger partial charge on any atom is 0.264 e. The van der Waals surface area contributed by atoms with Gasteiger partial charge in [0.15, 0.2) is 0 Å². The lowest BCUT2D eigenvalue weighted by Crippen LogP contribution is -2.31. The van der Waals surface area contributed by atoms with Gasteiger partial charge in [-0.05, 0) is 49.7 Å². The fraction of sp³-hybridized carbons (Fsp3) is 0.182. The molecule has 3 aromatic rings. The van der Waals surface area contributed by atoms with E-state index in [1.807, 2.05) is 6.07 Å². The molecule has 0 spiro atoms. The number of amides is 1. The highest BCUT2D eigenvalue weighted by molar-refractivity contribution is 7.92. The molecular formula is C22H23N3O4S. The number of ether oxygens (including phenoxy) is 1. The summed E-state index contributed by atoms with van der Waals surface area (Å²) < 4.78 is 33.0. The molecule has 0 fully saturated rings. The molecule has 0 aliphatic heterocycles. The zero-order valence-corrected chi connectivity index (χ0v) is 17.8. The van der Waals surface area contributed by atoms with Gasteiger partial charge in [-0.1, -0.05) is 24.3 Å². The van der Waals surface area contributed by atoms with Crippen LogP contribution in [0.1, 0.15) is 22.8 Å². The monoisotopic (exact) mass is 425 g/mol. The predicted molar refractivity (Wildman–Crippen MR) is 117 cm³/mol. The second kappa shape index (κ2) is 8.96. The summed E-state index contributed by atoms with van der Waals surface area (Å²) in [6.07, 6.45) is 1.47. The predicted octanol–water partition coefficient (Wildman–Crippen LogP) is 3.87. The van der Waals surface area contributed by atoms with E-state index in [0.717, 1.165) is 0 Å². The fourth-order valence-corrected chi connectivity index (χ4v) is 4.73. The van der Waals surface area contributed by atoms with Crippen LogP contribution < -0.4 is 14.4 Å². The van der Waals surface area contributed by atoms with Gasteiger partial charge in [0.25, 0.3) is 15.9 Å². The highest BCUT2D eigenvalue weighted by atomic mass is 32.2. The van der Waals surface area contributed by atoms with E-state index < -0.39 is 15.9 Å². The molecule has 0 bridgehead atoms. The number of methoxy groups -OCH3 is 1. The van der Waals surface area contributed by atoms with Crippen LogP contribution in [-0.2, 0) is 10.0 Å². The Kier molecular flexibility index (Phi) is 6.37. The summed E-state index contributed by atoms with van der Waals surface area (Å²) in [4.78, 5) is 16.8. The lowest BCUT2D eigenvalue weighted by Gasteiger charge is -2.24. The fourth-order valence-electron chi connectivity index (χ4n) is 3.00. The molecule has 1 aromatic heterocycles. The minimum atomic E-state index is -3.85.